The summed E-state index contributed by atoms with van der Waals surface area (Å²) < 4.78 is 11.5. The van der Waals surface area contributed by atoms with Gasteiger partial charge in [0, 0.05) is 30.0 Å². The van der Waals surface area contributed by atoms with E-state index in [1.165, 1.54) is 19.1 Å². The molecule has 2 aliphatic heterocycles. The zero-order chi connectivity index (χ0) is 19.3. The number of rotatable bonds is 3. The van der Waals surface area contributed by atoms with Crippen molar-refractivity contribution in [1.82, 2.24) is 4.98 Å². The average Bonchev–Trinajstić information content (AvgIpc) is 3.11. The summed E-state index contributed by atoms with van der Waals surface area (Å²) in [6, 6.07) is 5.84. The van der Waals surface area contributed by atoms with Crippen molar-refractivity contribution < 1.29 is 13.9 Å². The quantitative estimate of drug-likeness (QED) is 0.818. The lowest BCUT2D eigenvalue weighted by Gasteiger charge is -2.45. The minimum Gasteiger partial charge on any atom is -0.490 e. The van der Waals surface area contributed by atoms with E-state index in [1.54, 1.807) is 18.7 Å². The molecule has 5 rings (SSSR count). The van der Waals surface area contributed by atoms with Crippen LogP contribution >= 0.6 is 11.8 Å². The summed E-state index contributed by atoms with van der Waals surface area (Å²) in [6.07, 6.45) is 6.25. The fourth-order valence-corrected chi connectivity index (χ4v) is 5.43. The Morgan fingerprint density at radius 2 is 2.14 bits per heavy atom. The van der Waals surface area contributed by atoms with Gasteiger partial charge in [-0.1, -0.05) is 18.2 Å². The van der Waals surface area contributed by atoms with Gasteiger partial charge in [-0.25, -0.2) is 9.98 Å². The molecule has 1 aromatic carbocycles. The minimum absolute atomic E-state index is 0.123. The van der Waals surface area contributed by atoms with Gasteiger partial charge in [-0.2, -0.15) is 0 Å². The normalized spacial score (nSPS) is 28.2. The van der Waals surface area contributed by atoms with Gasteiger partial charge in [0.05, 0.1) is 0 Å². The van der Waals surface area contributed by atoms with Crippen molar-refractivity contribution in [3.05, 3.63) is 41.6 Å². The van der Waals surface area contributed by atoms with Gasteiger partial charge in [0.15, 0.2) is 16.8 Å². The molecule has 2 aromatic rings. The number of ether oxygens (including phenoxy) is 1. The Morgan fingerprint density at radius 3 is 2.89 bits per heavy atom. The standard InChI is InChI=1S/C20H22N4O3S/c1-10-22-14(9-26-10)18(25)23-11-6-7-16-13(8-11)17(19-24-20(21)28-19)12-4-2-3-5-15(12)27-16/h6-9,12,15,17,19H,2-5H2,1H3,(H2,21,24)(H,23,25)/t12?,15-,17?,19?/m1/s1. The van der Waals surface area contributed by atoms with E-state index in [2.05, 4.69) is 15.3 Å². The van der Waals surface area contributed by atoms with E-state index < -0.39 is 0 Å². The van der Waals surface area contributed by atoms with Crippen molar-refractivity contribution in [2.45, 2.75) is 50.0 Å². The van der Waals surface area contributed by atoms with Gasteiger partial charge in [0.25, 0.3) is 5.91 Å². The summed E-state index contributed by atoms with van der Waals surface area (Å²) in [5, 5.41) is 3.69. The van der Waals surface area contributed by atoms with E-state index in [4.69, 9.17) is 14.9 Å². The predicted molar refractivity (Wildman–Crippen MR) is 108 cm³/mol. The first-order chi connectivity index (χ1) is 13.6. The second-order valence-electron chi connectivity index (χ2n) is 7.56. The third-order valence-corrected chi connectivity index (χ3v) is 6.76. The number of oxazole rings is 1. The Bertz CT molecular complexity index is 957. The van der Waals surface area contributed by atoms with E-state index in [0.717, 1.165) is 24.2 Å². The van der Waals surface area contributed by atoms with Crippen LogP contribution in [0.2, 0.25) is 0 Å². The number of aryl methyl sites for hydroxylation is 1. The molecule has 0 bridgehead atoms. The first-order valence-corrected chi connectivity index (χ1v) is 10.5. The number of nitrogens with two attached hydrogens (primary N) is 1. The van der Waals surface area contributed by atoms with Gasteiger partial charge in [-0.05, 0) is 37.5 Å². The Kier molecular flexibility index (Phi) is 4.30. The molecule has 4 atom stereocenters. The molecule has 3 heterocycles. The lowest BCUT2D eigenvalue weighted by molar-refractivity contribution is 0.0550. The molecular formula is C20H22N4O3S. The van der Waals surface area contributed by atoms with Crippen LogP contribution in [0.3, 0.4) is 0 Å². The SMILES string of the molecule is Cc1nc(C(=O)Nc2ccc3c(c2)C(C2N=C(N)S2)C2CCCC[C@H]2O3)co1. The molecule has 1 aromatic heterocycles. The van der Waals surface area contributed by atoms with Crippen LogP contribution in [0.1, 0.15) is 53.5 Å². The molecule has 8 heteroatoms. The molecule has 28 heavy (non-hydrogen) atoms. The van der Waals surface area contributed by atoms with Gasteiger partial charge < -0.3 is 20.2 Å². The number of carbonyl (C=O) groups excluding carboxylic acids is 1. The van der Waals surface area contributed by atoms with E-state index in [-0.39, 0.29) is 29.0 Å². The Labute approximate surface area is 167 Å². The Balaban J connectivity index is 1.46. The van der Waals surface area contributed by atoms with Crippen molar-refractivity contribution >= 4 is 28.5 Å². The van der Waals surface area contributed by atoms with Crippen LogP contribution in [0.15, 0.2) is 33.9 Å². The second kappa shape index (κ2) is 6.84. The van der Waals surface area contributed by atoms with Crippen LogP contribution in [0.5, 0.6) is 5.75 Å². The van der Waals surface area contributed by atoms with E-state index in [0.29, 0.717) is 22.7 Å². The number of anilines is 1. The summed E-state index contributed by atoms with van der Waals surface area (Å²) in [5.74, 6) is 1.74. The zero-order valence-electron chi connectivity index (χ0n) is 15.6. The van der Waals surface area contributed by atoms with Crippen LogP contribution in [-0.2, 0) is 0 Å². The fraction of sp³-hybridized carbons (Fsp3) is 0.450. The maximum atomic E-state index is 12.4. The summed E-state index contributed by atoms with van der Waals surface area (Å²) >= 11 is 1.64. The summed E-state index contributed by atoms with van der Waals surface area (Å²) in [4.78, 5) is 21.1. The zero-order valence-corrected chi connectivity index (χ0v) is 16.4. The number of fused-ring (bicyclic) bond motifs is 2. The molecule has 146 valence electrons. The monoisotopic (exact) mass is 398 g/mol. The highest BCUT2D eigenvalue weighted by molar-refractivity contribution is 8.15. The van der Waals surface area contributed by atoms with E-state index in [9.17, 15) is 4.79 Å². The van der Waals surface area contributed by atoms with Crippen LogP contribution in [0.25, 0.3) is 0 Å². The number of amidine groups is 1. The average molecular weight is 398 g/mol. The molecular weight excluding hydrogens is 376 g/mol. The van der Waals surface area contributed by atoms with Crippen LogP contribution in [-0.4, -0.2) is 27.5 Å². The van der Waals surface area contributed by atoms with Crippen molar-refractivity contribution in [3.63, 3.8) is 0 Å². The van der Waals surface area contributed by atoms with E-state index in [1.807, 2.05) is 18.2 Å². The van der Waals surface area contributed by atoms with Crippen molar-refractivity contribution in [1.29, 1.82) is 0 Å². The van der Waals surface area contributed by atoms with Crippen molar-refractivity contribution in [3.8, 4) is 5.75 Å². The molecule has 0 saturated heterocycles. The molecule has 1 fully saturated rings. The van der Waals surface area contributed by atoms with Crippen molar-refractivity contribution in [2.75, 3.05) is 5.32 Å². The first-order valence-electron chi connectivity index (χ1n) is 9.62. The summed E-state index contributed by atoms with van der Waals surface area (Å²) in [7, 11) is 0. The molecule has 0 spiro atoms. The summed E-state index contributed by atoms with van der Waals surface area (Å²) in [6.45, 7) is 1.71. The van der Waals surface area contributed by atoms with Crippen LogP contribution in [0, 0.1) is 12.8 Å². The molecule has 3 unspecified atom stereocenters. The summed E-state index contributed by atoms with van der Waals surface area (Å²) in [5.41, 5.74) is 7.92. The minimum atomic E-state index is -0.291. The number of carbonyl (C=O) groups is 1. The van der Waals surface area contributed by atoms with Gasteiger partial charge in [-0.3, -0.25) is 4.79 Å². The molecule has 1 saturated carbocycles. The highest BCUT2D eigenvalue weighted by Crippen LogP contribution is 2.52. The fourth-order valence-electron chi connectivity index (χ4n) is 4.51. The highest BCUT2D eigenvalue weighted by Gasteiger charge is 2.45. The molecule has 1 aliphatic carbocycles. The highest BCUT2D eigenvalue weighted by atomic mass is 32.2. The predicted octanol–water partition coefficient (Wildman–Crippen LogP) is 3.66. The number of thioether (sulfide) groups is 1. The van der Waals surface area contributed by atoms with Crippen molar-refractivity contribution in [2.24, 2.45) is 16.6 Å². The third-order valence-electron chi connectivity index (χ3n) is 5.77. The lowest BCUT2D eigenvalue weighted by atomic mass is 9.72. The lowest BCUT2D eigenvalue weighted by Crippen LogP contribution is -2.44. The van der Waals surface area contributed by atoms with E-state index >= 15 is 0 Å². The molecule has 3 N–H and O–H groups in total. The largest absolute Gasteiger partial charge is 0.490 e. The molecule has 7 nitrogen and oxygen atoms in total. The number of benzene rings is 1. The maximum Gasteiger partial charge on any atom is 0.277 e. The topological polar surface area (TPSA) is 103 Å². The smallest absolute Gasteiger partial charge is 0.277 e. The third kappa shape index (κ3) is 3.05. The number of aliphatic imine (C=N–C) groups is 1. The molecule has 0 radical (unpaired) electrons. The number of hydrogen-bond acceptors (Lipinski definition) is 7. The molecule has 3 aliphatic rings. The maximum absolute atomic E-state index is 12.4. The van der Waals surface area contributed by atoms with Gasteiger partial charge in [0.2, 0.25) is 0 Å². The van der Waals surface area contributed by atoms with Gasteiger partial charge in [-0.15, -0.1) is 0 Å². The number of nitrogens with zero attached hydrogens (tertiary/aromatic N) is 2. The van der Waals surface area contributed by atoms with Gasteiger partial charge >= 0.3 is 0 Å². The second-order valence-corrected chi connectivity index (χ2v) is 8.70. The Morgan fingerprint density at radius 1 is 1.32 bits per heavy atom. The Hall–Kier alpha value is -2.48. The van der Waals surface area contributed by atoms with Crippen LogP contribution < -0.4 is 15.8 Å². The first kappa shape index (κ1) is 17.6. The number of amides is 1. The van der Waals surface area contributed by atoms with Gasteiger partial charge in [0.1, 0.15) is 23.5 Å². The van der Waals surface area contributed by atoms with Crippen LogP contribution in [0.4, 0.5) is 5.69 Å². The number of aromatic nitrogens is 1. The number of nitrogens with one attached hydrogen (secondary N) is 1. The number of hydrogen-bond donors (Lipinski definition) is 2. The molecule has 1 amide bonds.